The summed E-state index contributed by atoms with van der Waals surface area (Å²) in [7, 11) is 0. The maximum atomic E-state index is 5.80. The number of hydrogen-bond donors (Lipinski definition) is 1. The van der Waals surface area contributed by atoms with E-state index in [4.69, 9.17) is 10.3 Å². The Morgan fingerprint density at radius 1 is 1.50 bits per heavy atom. The van der Waals surface area contributed by atoms with Crippen LogP contribution < -0.4 is 5.73 Å². The number of aryl methyl sites for hydroxylation is 1. The molecule has 0 aliphatic carbocycles. The lowest BCUT2D eigenvalue weighted by Gasteiger charge is -1.99. The van der Waals surface area contributed by atoms with Crippen LogP contribution in [0.1, 0.15) is 30.8 Å². The van der Waals surface area contributed by atoms with Gasteiger partial charge in [-0.05, 0) is 31.0 Å². The Balaban J connectivity index is 2.31. The summed E-state index contributed by atoms with van der Waals surface area (Å²) in [6.07, 6.45) is 2.49. The summed E-state index contributed by atoms with van der Waals surface area (Å²) in [5, 5.41) is 3.87. The molecular weight excluding hydrogens is 204 g/mol. The molecule has 0 aromatic carbocycles. The smallest absolute Gasteiger partial charge is 0.243 e. The second-order valence-electron chi connectivity index (χ2n) is 3.69. The number of pyridine rings is 1. The molecule has 2 heterocycles. The fourth-order valence-corrected chi connectivity index (χ4v) is 1.32. The van der Waals surface area contributed by atoms with Gasteiger partial charge < -0.3 is 10.3 Å². The zero-order valence-corrected chi connectivity index (χ0v) is 9.34. The molecule has 0 spiro atoms. The molecule has 2 N–H and O–H groups in total. The Bertz CT molecular complexity index is 480. The highest BCUT2D eigenvalue weighted by molar-refractivity contribution is 5.48. The molecule has 5 heteroatoms. The van der Waals surface area contributed by atoms with Crippen molar-refractivity contribution in [2.75, 3.05) is 0 Å². The van der Waals surface area contributed by atoms with Crippen molar-refractivity contribution in [1.82, 2.24) is 15.1 Å². The van der Waals surface area contributed by atoms with Crippen LogP contribution in [0.2, 0.25) is 0 Å². The summed E-state index contributed by atoms with van der Waals surface area (Å²) in [4.78, 5) is 8.41. The summed E-state index contributed by atoms with van der Waals surface area (Å²) >= 11 is 0. The van der Waals surface area contributed by atoms with E-state index in [0.29, 0.717) is 17.4 Å². The molecule has 1 atom stereocenters. The van der Waals surface area contributed by atoms with E-state index in [1.165, 1.54) is 0 Å². The SMILES string of the molecule is CCC(N)c1nc(-c2cc(C)ccn2)no1. The van der Waals surface area contributed by atoms with Crippen LogP contribution in [0.25, 0.3) is 11.5 Å². The molecule has 84 valence electrons. The Hall–Kier alpha value is -1.75. The van der Waals surface area contributed by atoms with Crippen molar-refractivity contribution in [3.8, 4) is 11.5 Å². The highest BCUT2D eigenvalue weighted by Gasteiger charge is 2.14. The standard InChI is InChI=1S/C11H14N4O/c1-3-8(12)11-14-10(15-16-11)9-6-7(2)4-5-13-9/h4-6,8H,3,12H2,1-2H3. The first-order valence-corrected chi connectivity index (χ1v) is 5.23. The van der Waals surface area contributed by atoms with Gasteiger partial charge in [0.15, 0.2) is 0 Å². The van der Waals surface area contributed by atoms with Crippen molar-refractivity contribution >= 4 is 0 Å². The summed E-state index contributed by atoms with van der Waals surface area (Å²) in [5.41, 5.74) is 7.61. The normalized spacial score (nSPS) is 12.7. The van der Waals surface area contributed by atoms with Crippen LogP contribution >= 0.6 is 0 Å². The third kappa shape index (κ3) is 2.09. The first-order valence-electron chi connectivity index (χ1n) is 5.23. The van der Waals surface area contributed by atoms with Crippen LogP contribution in [0.5, 0.6) is 0 Å². The zero-order chi connectivity index (χ0) is 11.5. The van der Waals surface area contributed by atoms with E-state index in [9.17, 15) is 0 Å². The van der Waals surface area contributed by atoms with E-state index in [1.807, 2.05) is 26.0 Å². The Morgan fingerprint density at radius 2 is 2.31 bits per heavy atom. The van der Waals surface area contributed by atoms with E-state index in [-0.39, 0.29) is 6.04 Å². The van der Waals surface area contributed by atoms with Gasteiger partial charge in [0.2, 0.25) is 11.7 Å². The largest absolute Gasteiger partial charge is 0.337 e. The van der Waals surface area contributed by atoms with Gasteiger partial charge in [0.1, 0.15) is 5.69 Å². The minimum absolute atomic E-state index is 0.203. The molecule has 0 fully saturated rings. The summed E-state index contributed by atoms with van der Waals surface area (Å²) in [6.45, 7) is 3.96. The van der Waals surface area contributed by atoms with Gasteiger partial charge in [-0.25, -0.2) is 0 Å². The molecule has 16 heavy (non-hydrogen) atoms. The van der Waals surface area contributed by atoms with Crippen LogP contribution in [0.4, 0.5) is 0 Å². The Labute approximate surface area is 93.7 Å². The minimum atomic E-state index is -0.203. The molecule has 0 aliphatic rings. The average Bonchev–Trinajstić information content (AvgIpc) is 2.77. The van der Waals surface area contributed by atoms with Crippen molar-refractivity contribution in [3.63, 3.8) is 0 Å². The van der Waals surface area contributed by atoms with Crippen molar-refractivity contribution in [2.45, 2.75) is 26.3 Å². The third-order valence-electron chi connectivity index (χ3n) is 2.34. The van der Waals surface area contributed by atoms with E-state index < -0.39 is 0 Å². The highest BCUT2D eigenvalue weighted by atomic mass is 16.5. The number of rotatable bonds is 3. The van der Waals surface area contributed by atoms with E-state index >= 15 is 0 Å². The van der Waals surface area contributed by atoms with Gasteiger partial charge in [-0.3, -0.25) is 4.98 Å². The van der Waals surface area contributed by atoms with Crippen molar-refractivity contribution < 1.29 is 4.52 Å². The fraction of sp³-hybridized carbons (Fsp3) is 0.364. The lowest BCUT2D eigenvalue weighted by atomic mass is 10.2. The predicted octanol–water partition coefficient (Wildman–Crippen LogP) is 1.85. The van der Waals surface area contributed by atoms with Crippen LogP contribution in [0.15, 0.2) is 22.9 Å². The molecule has 0 amide bonds. The zero-order valence-electron chi connectivity index (χ0n) is 9.34. The summed E-state index contributed by atoms with van der Waals surface area (Å²) in [6, 6.07) is 3.63. The molecule has 0 bridgehead atoms. The predicted molar refractivity (Wildman–Crippen MR) is 59.5 cm³/mol. The number of hydrogen-bond acceptors (Lipinski definition) is 5. The van der Waals surface area contributed by atoms with Gasteiger partial charge in [0.25, 0.3) is 0 Å². The number of nitrogens with zero attached hydrogens (tertiary/aromatic N) is 3. The number of nitrogens with two attached hydrogens (primary N) is 1. The topological polar surface area (TPSA) is 77.8 Å². The highest BCUT2D eigenvalue weighted by Crippen LogP contribution is 2.17. The molecule has 0 saturated carbocycles. The molecule has 1 unspecified atom stereocenters. The lowest BCUT2D eigenvalue weighted by Crippen LogP contribution is -2.08. The molecule has 2 rings (SSSR count). The Morgan fingerprint density at radius 3 is 3.00 bits per heavy atom. The molecule has 0 radical (unpaired) electrons. The van der Waals surface area contributed by atoms with Gasteiger partial charge in [-0.1, -0.05) is 12.1 Å². The molecule has 0 aliphatic heterocycles. The van der Waals surface area contributed by atoms with Crippen molar-refractivity contribution in [2.24, 2.45) is 5.73 Å². The quantitative estimate of drug-likeness (QED) is 0.850. The third-order valence-corrected chi connectivity index (χ3v) is 2.34. The second-order valence-corrected chi connectivity index (χ2v) is 3.69. The monoisotopic (exact) mass is 218 g/mol. The van der Waals surface area contributed by atoms with Crippen LogP contribution in [0.3, 0.4) is 0 Å². The van der Waals surface area contributed by atoms with E-state index in [2.05, 4.69) is 15.1 Å². The Kier molecular flexibility index (Phi) is 2.96. The van der Waals surface area contributed by atoms with Gasteiger partial charge in [0.05, 0.1) is 6.04 Å². The fourth-order valence-electron chi connectivity index (χ4n) is 1.32. The van der Waals surface area contributed by atoms with Gasteiger partial charge in [-0.15, -0.1) is 0 Å². The van der Waals surface area contributed by atoms with Crippen molar-refractivity contribution in [1.29, 1.82) is 0 Å². The molecule has 2 aromatic rings. The minimum Gasteiger partial charge on any atom is -0.337 e. The lowest BCUT2D eigenvalue weighted by molar-refractivity contribution is 0.352. The van der Waals surface area contributed by atoms with Crippen LogP contribution in [0, 0.1) is 6.92 Å². The van der Waals surface area contributed by atoms with Gasteiger partial charge in [0, 0.05) is 6.20 Å². The average molecular weight is 218 g/mol. The maximum Gasteiger partial charge on any atom is 0.243 e. The van der Waals surface area contributed by atoms with Crippen molar-refractivity contribution in [3.05, 3.63) is 29.8 Å². The summed E-state index contributed by atoms with van der Waals surface area (Å²) in [5.74, 6) is 0.948. The van der Waals surface area contributed by atoms with Gasteiger partial charge >= 0.3 is 0 Å². The summed E-state index contributed by atoms with van der Waals surface area (Å²) < 4.78 is 5.09. The second kappa shape index (κ2) is 4.40. The molecular formula is C11H14N4O. The first-order chi connectivity index (χ1) is 7.70. The number of aromatic nitrogens is 3. The molecule has 5 nitrogen and oxygen atoms in total. The van der Waals surface area contributed by atoms with E-state index in [1.54, 1.807) is 6.20 Å². The van der Waals surface area contributed by atoms with E-state index in [0.717, 1.165) is 12.0 Å². The maximum absolute atomic E-state index is 5.80. The molecule has 2 aromatic heterocycles. The molecule has 0 saturated heterocycles. The first kappa shape index (κ1) is 10.8. The van der Waals surface area contributed by atoms with Gasteiger partial charge in [-0.2, -0.15) is 4.98 Å². The van der Waals surface area contributed by atoms with Crippen LogP contribution in [-0.4, -0.2) is 15.1 Å². The van der Waals surface area contributed by atoms with Crippen LogP contribution in [-0.2, 0) is 0 Å².